The van der Waals surface area contributed by atoms with E-state index >= 15 is 0 Å². The second-order valence-corrected chi connectivity index (χ2v) is 9.39. The monoisotopic (exact) mass is 544 g/mol. The van der Waals surface area contributed by atoms with Crippen LogP contribution in [0.5, 0.6) is 5.75 Å². The average Bonchev–Trinajstić information content (AvgIpc) is 3.51. The van der Waals surface area contributed by atoms with Gasteiger partial charge in [0.25, 0.3) is 0 Å². The van der Waals surface area contributed by atoms with Gasteiger partial charge in [0.1, 0.15) is 24.1 Å². The normalized spacial score (nSPS) is 17.1. The molecule has 1 fully saturated rings. The maximum absolute atomic E-state index is 14.3. The van der Waals surface area contributed by atoms with Gasteiger partial charge in [0.15, 0.2) is 11.5 Å². The van der Waals surface area contributed by atoms with Crippen molar-refractivity contribution in [1.29, 1.82) is 0 Å². The third-order valence-corrected chi connectivity index (χ3v) is 6.80. The summed E-state index contributed by atoms with van der Waals surface area (Å²) in [6, 6.07) is 7.74. The quantitative estimate of drug-likeness (QED) is 0.317. The highest BCUT2D eigenvalue weighted by molar-refractivity contribution is 5.85. The highest BCUT2D eigenvalue weighted by Crippen LogP contribution is 2.40. The first-order valence-electron chi connectivity index (χ1n) is 12.3. The van der Waals surface area contributed by atoms with Gasteiger partial charge >= 0.3 is 12.3 Å². The van der Waals surface area contributed by atoms with E-state index in [2.05, 4.69) is 15.5 Å². The van der Waals surface area contributed by atoms with Gasteiger partial charge in [-0.15, -0.1) is 10.2 Å². The molecule has 0 radical (unpaired) electrons. The standard InChI is InChI=1S/C26H27F3N6O4/c1-15-20(39-12-11-38-2)7-4-16-3-6-19(31-22(15)16)24-33-32-21-8-5-17(13-35(21)24)23(26(27,28)29)34-10-9-18(14-34)30-25(36)37/h3-8,13,18,23,30H,9-12,14H2,1-2H3,(H,36,37)/t18-,23+/m0/s1. The summed E-state index contributed by atoms with van der Waals surface area (Å²) in [5.41, 5.74) is 2.31. The third kappa shape index (κ3) is 5.45. The lowest BCUT2D eigenvalue weighted by atomic mass is 10.1. The summed E-state index contributed by atoms with van der Waals surface area (Å²) in [5, 5.41) is 20.5. The van der Waals surface area contributed by atoms with Crippen LogP contribution in [0.1, 0.15) is 23.6 Å². The van der Waals surface area contributed by atoms with Crippen molar-refractivity contribution in [2.75, 3.05) is 33.4 Å². The summed E-state index contributed by atoms with van der Waals surface area (Å²) in [4.78, 5) is 17.0. The zero-order chi connectivity index (χ0) is 27.7. The van der Waals surface area contributed by atoms with Gasteiger partial charge in [-0.25, -0.2) is 9.78 Å². The van der Waals surface area contributed by atoms with E-state index in [1.807, 2.05) is 25.1 Å². The molecular weight excluding hydrogens is 517 g/mol. The van der Waals surface area contributed by atoms with Gasteiger partial charge in [-0.1, -0.05) is 12.1 Å². The summed E-state index contributed by atoms with van der Waals surface area (Å²) in [7, 11) is 1.59. The van der Waals surface area contributed by atoms with Crippen molar-refractivity contribution in [3.05, 3.63) is 53.7 Å². The van der Waals surface area contributed by atoms with Crippen molar-refractivity contribution in [2.45, 2.75) is 31.6 Å². The summed E-state index contributed by atoms with van der Waals surface area (Å²) in [6.45, 7) is 2.75. The number of amides is 1. The minimum Gasteiger partial charge on any atom is -0.491 e. The number of aromatic nitrogens is 4. The Hall–Kier alpha value is -3.97. The van der Waals surface area contributed by atoms with Crippen molar-refractivity contribution in [1.82, 2.24) is 29.8 Å². The molecule has 2 atom stereocenters. The first kappa shape index (κ1) is 26.6. The summed E-state index contributed by atoms with van der Waals surface area (Å²) in [5.74, 6) is 0.957. The van der Waals surface area contributed by atoms with Gasteiger partial charge in [0, 0.05) is 43.4 Å². The fourth-order valence-corrected chi connectivity index (χ4v) is 4.99. The Kier molecular flexibility index (Phi) is 7.28. The molecule has 0 bridgehead atoms. The van der Waals surface area contributed by atoms with Crippen molar-refractivity contribution < 1.29 is 32.5 Å². The number of halogens is 3. The minimum atomic E-state index is -4.59. The smallest absolute Gasteiger partial charge is 0.408 e. The molecule has 0 unspecified atom stereocenters. The first-order valence-corrected chi connectivity index (χ1v) is 12.3. The fourth-order valence-electron chi connectivity index (χ4n) is 4.99. The van der Waals surface area contributed by atoms with Crippen LogP contribution in [0.2, 0.25) is 0 Å². The molecule has 1 aliphatic heterocycles. The van der Waals surface area contributed by atoms with Gasteiger partial charge < -0.3 is 19.9 Å². The number of hydrogen-bond acceptors (Lipinski definition) is 7. The number of carbonyl (C=O) groups is 1. The number of methoxy groups -OCH3 is 1. The van der Waals surface area contributed by atoms with Crippen LogP contribution in [-0.2, 0) is 4.74 Å². The van der Waals surface area contributed by atoms with Crippen LogP contribution in [0, 0.1) is 6.92 Å². The van der Waals surface area contributed by atoms with E-state index < -0.39 is 24.4 Å². The maximum Gasteiger partial charge on any atom is 0.408 e. The molecule has 206 valence electrons. The average molecular weight is 545 g/mol. The molecule has 2 N–H and O–H groups in total. The van der Waals surface area contributed by atoms with Crippen molar-refractivity contribution >= 4 is 22.6 Å². The van der Waals surface area contributed by atoms with E-state index in [4.69, 9.17) is 19.6 Å². The molecule has 13 heteroatoms. The van der Waals surface area contributed by atoms with E-state index in [0.29, 0.717) is 41.6 Å². The number of nitrogens with zero attached hydrogens (tertiary/aromatic N) is 5. The van der Waals surface area contributed by atoms with Crippen LogP contribution in [0.3, 0.4) is 0 Å². The number of ether oxygens (including phenoxy) is 2. The number of alkyl halides is 3. The lowest BCUT2D eigenvalue weighted by molar-refractivity contribution is -0.184. The number of likely N-dealkylation sites (tertiary alicyclic amines) is 1. The van der Waals surface area contributed by atoms with Crippen molar-refractivity contribution in [2.24, 2.45) is 0 Å². The SMILES string of the molecule is COCCOc1ccc2ccc(-c3nnc4ccc([C@@H](N5CC[C@H](NC(=O)O)C5)C(F)(F)F)cn34)nc2c1C. The molecule has 0 spiro atoms. The van der Waals surface area contributed by atoms with Crippen LogP contribution >= 0.6 is 0 Å². The molecule has 0 saturated carbocycles. The molecule has 4 heterocycles. The molecule has 1 aliphatic rings. The Morgan fingerprint density at radius 3 is 2.72 bits per heavy atom. The first-order chi connectivity index (χ1) is 18.7. The topological polar surface area (TPSA) is 114 Å². The number of aryl methyl sites for hydroxylation is 1. The lowest BCUT2D eigenvalue weighted by Gasteiger charge is -2.30. The Morgan fingerprint density at radius 1 is 1.18 bits per heavy atom. The summed E-state index contributed by atoms with van der Waals surface area (Å²) < 4.78 is 55.3. The lowest BCUT2D eigenvalue weighted by Crippen LogP contribution is -2.40. The van der Waals surface area contributed by atoms with Crippen molar-refractivity contribution in [3.8, 4) is 17.3 Å². The van der Waals surface area contributed by atoms with Crippen LogP contribution in [0.4, 0.5) is 18.0 Å². The molecule has 1 amide bonds. The van der Waals surface area contributed by atoms with E-state index in [0.717, 1.165) is 10.9 Å². The molecule has 1 aromatic carbocycles. The highest BCUT2D eigenvalue weighted by Gasteiger charge is 2.47. The fraction of sp³-hybridized carbons (Fsp3) is 0.385. The number of pyridine rings is 2. The van der Waals surface area contributed by atoms with Crippen LogP contribution in [0.15, 0.2) is 42.6 Å². The van der Waals surface area contributed by atoms with E-state index in [-0.39, 0.29) is 25.1 Å². The Morgan fingerprint density at radius 2 is 1.97 bits per heavy atom. The van der Waals surface area contributed by atoms with E-state index in [1.54, 1.807) is 13.2 Å². The van der Waals surface area contributed by atoms with Crippen LogP contribution in [0.25, 0.3) is 28.1 Å². The highest BCUT2D eigenvalue weighted by atomic mass is 19.4. The number of fused-ring (bicyclic) bond motifs is 2. The predicted octanol–water partition coefficient (Wildman–Crippen LogP) is 4.22. The number of carboxylic acid groups (broad SMARTS) is 1. The molecule has 10 nitrogen and oxygen atoms in total. The Labute approximate surface area is 221 Å². The van der Waals surface area contributed by atoms with Gasteiger partial charge in [0.05, 0.1) is 12.1 Å². The van der Waals surface area contributed by atoms with E-state index in [9.17, 15) is 18.0 Å². The molecule has 5 rings (SSSR count). The molecule has 4 aromatic rings. The second-order valence-electron chi connectivity index (χ2n) is 9.39. The van der Waals surface area contributed by atoms with E-state index in [1.165, 1.54) is 27.6 Å². The molecule has 3 aromatic heterocycles. The Bertz CT molecular complexity index is 1510. The molecule has 39 heavy (non-hydrogen) atoms. The van der Waals surface area contributed by atoms with Crippen molar-refractivity contribution in [3.63, 3.8) is 0 Å². The Balaban J connectivity index is 1.51. The summed E-state index contributed by atoms with van der Waals surface area (Å²) in [6.07, 6.45) is -4.18. The summed E-state index contributed by atoms with van der Waals surface area (Å²) >= 11 is 0. The van der Waals surface area contributed by atoms with Gasteiger partial charge in [0.2, 0.25) is 0 Å². The second kappa shape index (κ2) is 10.7. The number of hydrogen-bond donors (Lipinski definition) is 2. The zero-order valence-corrected chi connectivity index (χ0v) is 21.3. The van der Waals surface area contributed by atoms with Crippen LogP contribution < -0.4 is 10.1 Å². The number of benzene rings is 1. The zero-order valence-electron chi connectivity index (χ0n) is 21.3. The largest absolute Gasteiger partial charge is 0.491 e. The number of rotatable bonds is 8. The maximum atomic E-state index is 14.3. The predicted molar refractivity (Wildman–Crippen MR) is 136 cm³/mol. The molecule has 1 saturated heterocycles. The van der Waals surface area contributed by atoms with Crippen LogP contribution in [-0.4, -0.2) is 81.3 Å². The third-order valence-electron chi connectivity index (χ3n) is 6.80. The molecule has 0 aliphatic carbocycles. The molecular formula is C26H27F3N6O4. The van der Waals surface area contributed by atoms with Gasteiger partial charge in [-0.3, -0.25) is 9.30 Å². The number of nitrogens with one attached hydrogen (secondary N) is 1. The van der Waals surface area contributed by atoms with Gasteiger partial charge in [-0.2, -0.15) is 13.2 Å². The van der Waals surface area contributed by atoms with Gasteiger partial charge in [-0.05, 0) is 43.2 Å². The minimum absolute atomic E-state index is 0.00201.